The third-order valence-corrected chi connectivity index (χ3v) is 3.70. The van der Waals surface area contributed by atoms with Gasteiger partial charge in [0.2, 0.25) is 0 Å². The number of para-hydroxylation sites is 1. The zero-order valence-electron chi connectivity index (χ0n) is 12.2. The van der Waals surface area contributed by atoms with E-state index in [1.54, 1.807) is 26.2 Å². The molecule has 0 heterocycles. The van der Waals surface area contributed by atoms with E-state index in [0.29, 0.717) is 16.9 Å². The first-order valence-electron chi connectivity index (χ1n) is 6.85. The average Bonchev–Trinajstić information content (AvgIpc) is 2.51. The molecule has 0 aliphatic heterocycles. The molecule has 3 N–H and O–H groups in total. The summed E-state index contributed by atoms with van der Waals surface area (Å²) in [4.78, 5) is 0. The lowest BCUT2D eigenvalue weighted by Crippen LogP contribution is -2.21. The van der Waals surface area contributed by atoms with Crippen LogP contribution in [0.25, 0.3) is 0 Å². The molecule has 0 bridgehead atoms. The summed E-state index contributed by atoms with van der Waals surface area (Å²) in [5.41, 5.74) is 7.84. The molecule has 3 nitrogen and oxygen atoms in total. The van der Waals surface area contributed by atoms with Gasteiger partial charge in [-0.25, -0.2) is 4.39 Å². The molecule has 2 aromatic rings. The van der Waals surface area contributed by atoms with Gasteiger partial charge in [-0.1, -0.05) is 30.3 Å². The van der Waals surface area contributed by atoms with Crippen molar-refractivity contribution in [3.8, 4) is 5.75 Å². The summed E-state index contributed by atoms with van der Waals surface area (Å²) < 4.78 is 18.7. The average molecular weight is 289 g/mol. The van der Waals surface area contributed by atoms with E-state index in [0.717, 1.165) is 5.56 Å². The van der Waals surface area contributed by atoms with E-state index in [9.17, 15) is 9.50 Å². The van der Waals surface area contributed by atoms with Gasteiger partial charge in [0.15, 0.2) is 0 Å². The Bertz CT molecular complexity index is 615. The maximum Gasteiger partial charge on any atom is 0.126 e. The topological polar surface area (TPSA) is 55.5 Å². The molecule has 2 aromatic carbocycles. The van der Waals surface area contributed by atoms with Gasteiger partial charge >= 0.3 is 0 Å². The molecule has 2 atom stereocenters. The third kappa shape index (κ3) is 3.23. The molecule has 4 heteroatoms. The van der Waals surface area contributed by atoms with Gasteiger partial charge in [0.1, 0.15) is 11.6 Å². The van der Waals surface area contributed by atoms with E-state index < -0.39 is 6.10 Å². The second-order valence-electron chi connectivity index (χ2n) is 5.04. The van der Waals surface area contributed by atoms with Crippen molar-refractivity contribution in [3.05, 3.63) is 65.0 Å². The fourth-order valence-electron chi connectivity index (χ4n) is 2.48. The summed E-state index contributed by atoms with van der Waals surface area (Å²) in [6.07, 6.45) is -0.814. The molecule has 112 valence electrons. The van der Waals surface area contributed by atoms with Crippen molar-refractivity contribution in [2.45, 2.75) is 18.9 Å². The van der Waals surface area contributed by atoms with E-state index in [1.807, 2.05) is 24.3 Å². The number of aryl methyl sites for hydroxylation is 1. The summed E-state index contributed by atoms with van der Waals surface area (Å²) in [6.45, 7) is 1.93. The summed E-state index contributed by atoms with van der Waals surface area (Å²) in [5, 5.41) is 10.6. The smallest absolute Gasteiger partial charge is 0.126 e. The Hall–Kier alpha value is -1.91. The Kier molecular flexibility index (Phi) is 4.94. The normalized spacial score (nSPS) is 13.8. The Balaban J connectivity index is 2.38. The fourth-order valence-corrected chi connectivity index (χ4v) is 2.48. The first-order valence-corrected chi connectivity index (χ1v) is 6.85. The number of halogens is 1. The van der Waals surface area contributed by atoms with Gasteiger partial charge in [0.25, 0.3) is 0 Å². The number of methoxy groups -OCH3 is 1. The first kappa shape index (κ1) is 15.5. The number of aliphatic hydroxyl groups excluding tert-OH is 1. The van der Waals surface area contributed by atoms with Crippen molar-refractivity contribution in [2.75, 3.05) is 13.7 Å². The summed E-state index contributed by atoms with van der Waals surface area (Å²) >= 11 is 0. The standard InChI is InChI=1S/C17H20FNO2/c1-11-9-12(7-8-15(11)18)17(20)14(10-19)13-5-3-4-6-16(13)21-2/h3-9,14,17,20H,10,19H2,1-2H3. The van der Waals surface area contributed by atoms with Gasteiger partial charge in [-0.2, -0.15) is 0 Å². The molecule has 2 unspecified atom stereocenters. The second-order valence-corrected chi connectivity index (χ2v) is 5.04. The second kappa shape index (κ2) is 6.70. The van der Waals surface area contributed by atoms with E-state index in [-0.39, 0.29) is 18.3 Å². The minimum Gasteiger partial charge on any atom is -0.496 e. The van der Waals surface area contributed by atoms with Crippen LogP contribution in [0.3, 0.4) is 0 Å². The van der Waals surface area contributed by atoms with Crippen LogP contribution in [0.1, 0.15) is 28.7 Å². The molecule has 0 radical (unpaired) electrons. The van der Waals surface area contributed by atoms with Crippen LogP contribution >= 0.6 is 0 Å². The molecule has 0 fully saturated rings. The molecular weight excluding hydrogens is 269 g/mol. The van der Waals surface area contributed by atoms with Crippen molar-refractivity contribution in [1.29, 1.82) is 0 Å². The van der Waals surface area contributed by atoms with Crippen molar-refractivity contribution in [2.24, 2.45) is 5.73 Å². The van der Waals surface area contributed by atoms with Crippen LogP contribution in [0.5, 0.6) is 5.75 Å². The van der Waals surface area contributed by atoms with Gasteiger partial charge in [-0.05, 0) is 30.2 Å². The first-order chi connectivity index (χ1) is 10.1. The number of hydrogen-bond acceptors (Lipinski definition) is 3. The fraction of sp³-hybridized carbons (Fsp3) is 0.294. The largest absolute Gasteiger partial charge is 0.496 e. The number of ether oxygens (including phenoxy) is 1. The molecule has 0 saturated carbocycles. The minimum absolute atomic E-state index is 0.262. The van der Waals surface area contributed by atoms with E-state index in [4.69, 9.17) is 10.5 Å². The summed E-state index contributed by atoms with van der Waals surface area (Å²) in [7, 11) is 1.58. The third-order valence-electron chi connectivity index (χ3n) is 3.70. The van der Waals surface area contributed by atoms with Crippen molar-refractivity contribution in [3.63, 3.8) is 0 Å². The van der Waals surface area contributed by atoms with Gasteiger partial charge in [0, 0.05) is 18.0 Å². The van der Waals surface area contributed by atoms with Crippen molar-refractivity contribution >= 4 is 0 Å². The minimum atomic E-state index is -0.814. The molecule has 0 aliphatic rings. The lowest BCUT2D eigenvalue weighted by atomic mass is 9.88. The number of aliphatic hydroxyl groups is 1. The Morgan fingerprint density at radius 2 is 1.95 bits per heavy atom. The monoisotopic (exact) mass is 289 g/mol. The Labute approximate surface area is 124 Å². The van der Waals surface area contributed by atoms with E-state index in [1.165, 1.54) is 6.07 Å². The van der Waals surface area contributed by atoms with E-state index >= 15 is 0 Å². The highest BCUT2D eigenvalue weighted by Gasteiger charge is 2.24. The zero-order chi connectivity index (χ0) is 15.4. The Morgan fingerprint density at radius 3 is 2.57 bits per heavy atom. The zero-order valence-corrected chi connectivity index (χ0v) is 12.2. The Morgan fingerprint density at radius 1 is 1.24 bits per heavy atom. The summed E-state index contributed by atoms with van der Waals surface area (Å²) in [5.74, 6) is 0.0874. The highest BCUT2D eigenvalue weighted by atomic mass is 19.1. The quantitative estimate of drug-likeness (QED) is 0.890. The van der Waals surface area contributed by atoms with Crippen LogP contribution < -0.4 is 10.5 Å². The van der Waals surface area contributed by atoms with E-state index in [2.05, 4.69) is 0 Å². The van der Waals surface area contributed by atoms with Crippen LogP contribution in [0.4, 0.5) is 4.39 Å². The molecule has 0 saturated heterocycles. The summed E-state index contributed by atoms with van der Waals surface area (Å²) in [6, 6.07) is 12.1. The van der Waals surface area contributed by atoms with Crippen LogP contribution in [0, 0.1) is 12.7 Å². The van der Waals surface area contributed by atoms with Gasteiger partial charge in [-0.3, -0.25) is 0 Å². The van der Waals surface area contributed by atoms with Crippen LogP contribution in [0.15, 0.2) is 42.5 Å². The van der Waals surface area contributed by atoms with Crippen LogP contribution in [-0.4, -0.2) is 18.8 Å². The number of nitrogens with two attached hydrogens (primary N) is 1. The molecule has 2 rings (SSSR count). The van der Waals surface area contributed by atoms with Crippen molar-refractivity contribution in [1.82, 2.24) is 0 Å². The highest BCUT2D eigenvalue weighted by Crippen LogP contribution is 2.35. The van der Waals surface area contributed by atoms with Gasteiger partial charge < -0.3 is 15.6 Å². The molecule has 0 spiro atoms. The van der Waals surface area contributed by atoms with Gasteiger partial charge in [-0.15, -0.1) is 0 Å². The SMILES string of the molecule is COc1ccccc1C(CN)C(O)c1ccc(F)c(C)c1. The lowest BCUT2D eigenvalue weighted by Gasteiger charge is -2.24. The highest BCUT2D eigenvalue weighted by molar-refractivity contribution is 5.39. The number of hydrogen-bond donors (Lipinski definition) is 2. The predicted octanol–water partition coefficient (Wildman–Crippen LogP) is 2.92. The molecule has 21 heavy (non-hydrogen) atoms. The maximum absolute atomic E-state index is 13.4. The maximum atomic E-state index is 13.4. The van der Waals surface area contributed by atoms with Crippen LogP contribution in [-0.2, 0) is 0 Å². The molecule has 0 aliphatic carbocycles. The number of rotatable bonds is 5. The number of benzene rings is 2. The van der Waals surface area contributed by atoms with Crippen LogP contribution in [0.2, 0.25) is 0 Å². The predicted molar refractivity (Wildman–Crippen MR) is 80.9 cm³/mol. The van der Waals surface area contributed by atoms with Crippen molar-refractivity contribution < 1.29 is 14.2 Å². The van der Waals surface area contributed by atoms with Gasteiger partial charge in [0.05, 0.1) is 13.2 Å². The lowest BCUT2D eigenvalue weighted by molar-refractivity contribution is 0.146. The molecule has 0 amide bonds. The molecular formula is C17H20FNO2. The molecule has 0 aromatic heterocycles.